The topological polar surface area (TPSA) is 55.1 Å². The van der Waals surface area contributed by atoms with Gasteiger partial charge in [0.25, 0.3) is 0 Å². The zero-order valence-corrected chi connectivity index (χ0v) is 8.21. The number of nitrogens with one attached hydrogen (secondary N) is 1. The van der Waals surface area contributed by atoms with Gasteiger partial charge in [-0.3, -0.25) is 4.79 Å². The van der Waals surface area contributed by atoms with Crippen molar-refractivity contribution < 1.29 is 4.79 Å². The fourth-order valence-electron chi connectivity index (χ4n) is 1.35. The van der Waals surface area contributed by atoms with Gasteiger partial charge in [-0.1, -0.05) is 0 Å². The van der Waals surface area contributed by atoms with Crippen LogP contribution in [0, 0.1) is 0 Å². The number of ketones is 1. The molecular weight excluding hydrogens is 176 g/mol. The molecule has 1 aliphatic carbocycles. The second kappa shape index (κ2) is 3.33. The Morgan fingerprint density at radius 1 is 1.50 bits per heavy atom. The maximum absolute atomic E-state index is 11.1. The molecule has 0 bridgehead atoms. The van der Waals surface area contributed by atoms with E-state index in [0.717, 1.165) is 5.69 Å². The molecule has 74 valence electrons. The predicted molar refractivity (Wildman–Crippen MR) is 57.5 cm³/mol. The van der Waals surface area contributed by atoms with Crippen LogP contribution in [0.3, 0.4) is 0 Å². The minimum absolute atomic E-state index is 0.0730. The molecule has 0 unspecified atom stereocenters. The Hall–Kier alpha value is -1.51. The summed E-state index contributed by atoms with van der Waals surface area (Å²) in [6, 6.07) is 5.92. The van der Waals surface area contributed by atoms with E-state index in [1.54, 1.807) is 19.1 Å². The number of carbonyl (C=O) groups excluding carboxylic acids is 1. The van der Waals surface area contributed by atoms with Crippen LogP contribution in [-0.2, 0) is 0 Å². The van der Waals surface area contributed by atoms with E-state index in [2.05, 4.69) is 5.32 Å². The standard InChI is InChI=1S/C11H14N2O/c1-7(14)8-2-5-10(12)11(6-8)13-9-3-4-9/h2,5-6,9,13H,3-4,12H2,1H3. The Morgan fingerprint density at radius 3 is 2.79 bits per heavy atom. The number of nitrogens with two attached hydrogens (primary N) is 1. The average Bonchev–Trinajstić information content (AvgIpc) is 2.92. The summed E-state index contributed by atoms with van der Waals surface area (Å²) in [6.07, 6.45) is 2.40. The van der Waals surface area contributed by atoms with Crippen LogP contribution in [0.4, 0.5) is 11.4 Å². The first kappa shape index (κ1) is 9.06. The number of rotatable bonds is 3. The van der Waals surface area contributed by atoms with Gasteiger partial charge in [0.2, 0.25) is 0 Å². The monoisotopic (exact) mass is 190 g/mol. The van der Waals surface area contributed by atoms with Gasteiger partial charge in [-0.2, -0.15) is 0 Å². The molecule has 0 aliphatic heterocycles. The van der Waals surface area contributed by atoms with Crippen LogP contribution in [-0.4, -0.2) is 11.8 Å². The Labute approximate surface area is 83.3 Å². The van der Waals surface area contributed by atoms with Gasteiger partial charge < -0.3 is 11.1 Å². The van der Waals surface area contributed by atoms with Crippen LogP contribution in [0.2, 0.25) is 0 Å². The zero-order valence-electron chi connectivity index (χ0n) is 8.21. The van der Waals surface area contributed by atoms with E-state index in [4.69, 9.17) is 5.73 Å². The van der Waals surface area contributed by atoms with Crippen molar-refractivity contribution in [1.82, 2.24) is 0 Å². The minimum atomic E-state index is 0.0730. The zero-order chi connectivity index (χ0) is 10.1. The third kappa shape index (κ3) is 1.87. The molecule has 0 aromatic heterocycles. The number of hydrogen-bond acceptors (Lipinski definition) is 3. The molecule has 3 N–H and O–H groups in total. The summed E-state index contributed by atoms with van der Waals surface area (Å²) in [4.78, 5) is 11.1. The highest BCUT2D eigenvalue weighted by atomic mass is 16.1. The number of anilines is 2. The lowest BCUT2D eigenvalue weighted by atomic mass is 10.1. The van der Waals surface area contributed by atoms with Gasteiger partial charge in [0.1, 0.15) is 0 Å². The van der Waals surface area contributed by atoms with Gasteiger partial charge in [0, 0.05) is 11.6 Å². The first-order valence-electron chi connectivity index (χ1n) is 4.84. The van der Waals surface area contributed by atoms with Gasteiger partial charge in [-0.05, 0) is 38.0 Å². The molecule has 1 saturated carbocycles. The highest BCUT2D eigenvalue weighted by Gasteiger charge is 2.21. The smallest absolute Gasteiger partial charge is 0.159 e. The van der Waals surface area contributed by atoms with Crippen molar-refractivity contribution in [2.24, 2.45) is 0 Å². The van der Waals surface area contributed by atoms with E-state index in [9.17, 15) is 4.79 Å². The van der Waals surface area contributed by atoms with E-state index in [1.165, 1.54) is 12.8 Å². The fourth-order valence-corrected chi connectivity index (χ4v) is 1.35. The summed E-state index contributed by atoms with van der Waals surface area (Å²) >= 11 is 0. The third-order valence-corrected chi connectivity index (χ3v) is 2.40. The SMILES string of the molecule is CC(=O)c1ccc(N)c(NC2CC2)c1. The van der Waals surface area contributed by atoms with Crippen molar-refractivity contribution in [3.63, 3.8) is 0 Å². The fraction of sp³-hybridized carbons (Fsp3) is 0.364. The molecule has 2 rings (SSSR count). The van der Waals surface area contributed by atoms with E-state index in [0.29, 0.717) is 17.3 Å². The van der Waals surface area contributed by atoms with Gasteiger partial charge >= 0.3 is 0 Å². The van der Waals surface area contributed by atoms with Crippen molar-refractivity contribution in [2.45, 2.75) is 25.8 Å². The predicted octanol–water partition coefficient (Wildman–Crippen LogP) is 2.05. The van der Waals surface area contributed by atoms with Crippen LogP contribution in [0.5, 0.6) is 0 Å². The van der Waals surface area contributed by atoms with Crippen LogP contribution < -0.4 is 11.1 Å². The summed E-state index contributed by atoms with van der Waals surface area (Å²) in [5.74, 6) is 0.0730. The molecule has 3 nitrogen and oxygen atoms in total. The summed E-state index contributed by atoms with van der Waals surface area (Å²) in [5.41, 5.74) is 8.10. The molecule has 0 saturated heterocycles. The molecule has 1 aromatic carbocycles. The summed E-state index contributed by atoms with van der Waals surface area (Å²) in [5, 5.41) is 3.30. The molecule has 0 radical (unpaired) electrons. The summed E-state index contributed by atoms with van der Waals surface area (Å²) in [7, 11) is 0. The van der Waals surface area contributed by atoms with E-state index in [1.807, 2.05) is 6.07 Å². The van der Waals surface area contributed by atoms with Crippen molar-refractivity contribution >= 4 is 17.2 Å². The Kier molecular flexibility index (Phi) is 2.15. The van der Waals surface area contributed by atoms with Gasteiger partial charge in [0.05, 0.1) is 11.4 Å². The van der Waals surface area contributed by atoms with Gasteiger partial charge in [-0.25, -0.2) is 0 Å². The summed E-state index contributed by atoms with van der Waals surface area (Å²) < 4.78 is 0. The average molecular weight is 190 g/mol. The molecule has 3 heteroatoms. The normalized spacial score (nSPS) is 15.2. The van der Waals surface area contributed by atoms with E-state index >= 15 is 0 Å². The minimum Gasteiger partial charge on any atom is -0.397 e. The van der Waals surface area contributed by atoms with Crippen molar-refractivity contribution in [3.05, 3.63) is 23.8 Å². The summed E-state index contributed by atoms with van der Waals surface area (Å²) in [6.45, 7) is 1.56. The molecule has 0 spiro atoms. The van der Waals surface area contributed by atoms with Crippen molar-refractivity contribution in [3.8, 4) is 0 Å². The highest BCUT2D eigenvalue weighted by Crippen LogP contribution is 2.28. The molecule has 14 heavy (non-hydrogen) atoms. The quantitative estimate of drug-likeness (QED) is 0.566. The molecule has 0 heterocycles. The van der Waals surface area contributed by atoms with Crippen LogP contribution >= 0.6 is 0 Å². The lowest BCUT2D eigenvalue weighted by Crippen LogP contribution is -2.05. The van der Waals surface area contributed by atoms with Crippen LogP contribution in [0.1, 0.15) is 30.1 Å². The maximum Gasteiger partial charge on any atom is 0.159 e. The van der Waals surface area contributed by atoms with E-state index < -0.39 is 0 Å². The molecule has 0 amide bonds. The van der Waals surface area contributed by atoms with Crippen LogP contribution in [0.15, 0.2) is 18.2 Å². The van der Waals surface area contributed by atoms with Crippen molar-refractivity contribution in [1.29, 1.82) is 0 Å². The molecule has 0 atom stereocenters. The lowest BCUT2D eigenvalue weighted by molar-refractivity contribution is 0.101. The second-order valence-corrected chi connectivity index (χ2v) is 3.78. The Bertz CT molecular complexity index is 370. The van der Waals surface area contributed by atoms with Gasteiger partial charge in [-0.15, -0.1) is 0 Å². The first-order chi connectivity index (χ1) is 6.66. The maximum atomic E-state index is 11.1. The number of carbonyl (C=O) groups is 1. The first-order valence-corrected chi connectivity index (χ1v) is 4.84. The lowest BCUT2D eigenvalue weighted by Gasteiger charge is -2.09. The van der Waals surface area contributed by atoms with Crippen LogP contribution in [0.25, 0.3) is 0 Å². The number of Topliss-reactive ketones (excluding diaryl/α,β-unsaturated/α-hetero) is 1. The van der Waals surface area contributed by atoms with Gasteiger partial charge in [0.15, 0.2) is 5.78 Å². The molecule has 1 aromatic rings. The third-order valence-electron chi connectivity index (χ3n) is 2.40. The highest BCUT2D eigenvalue weighted by molar-refractivity contribution is 5.96. The van der Waals surface area contributed by atoms with Crippen molar-refractivity contribution in [2.75, 3.05) is 11.1 Å². The molecule has 1 fully saturated rings. The number of benzene rings is 1. The largest absolute Gasteiger partial charge is 0.397 e. The molecule has 1 aliphatic rings. The number of hydrogen-bond donors (Lipinski definition) is 2. The molecular formula is C11H14N2O. The number of nitrogen functional groups attached to an aromatic ring is 1. The Morgan fingerprint density at radius 2 is 2.21 bits per heavy atom. The Balaban J connectivity index is 2.26. The second-order valence-electron chi connectivity index (χ2n) is 3.78. The van der Waals surface area contributed by atoms with E-state index in [-0.39, 0.29) is 5.78 Å².